The summed E-state index contributed by atoms with van der Waals surface area (Å²) in [5.74, 6) is -2.94. The van der Waals surface area contributed by atoms with Crippen molar-refractivity contribution in [3.63, 3.8) is 0 Å². The molecule has 2 unspecified atom stereocenters. The number of thiol groups is 1. The molecule has 1 aromatic carbocycles. The quantitative estimate of drug-likeness (QED) is 0.205. The Bertz CT molecular complexity index is 845. The molecule has 0 aliphatic heterocycles. The largest absolute Gasteiger partial charge is 0.400 e. The molecule has 1 aromatic heterocycles. The highest BCUT2D eigenvalue weighted by Crippen LogP contribution is 2.39. The number of carbonyl (C=O) groups excluding carboxylic acids is 1. The van der Waals surface area contributed by atoms with E-state index in [4.69, 9.17) is 5.11 Å². The zero-order valence-corrected chi connectivity index (χ0v) is 25.9. The zero-order valence-electron chi connectivity index (χ0n) is 23.8. The summed E-state index contributed by atoms with van der Waals surface area (Å²) in [7, 11) is 4.49. The van der Waals surface area contributed by atoms with Crippen molar-refractivity contribution >= 4 is 28.2 Å². The number of alkyl halides is 3. The molecule has 37 heavy (non-hydrogen) atoms. The lowest BCUT2D eigenvalue weighted by molar-refractivity contribution is -0.108. The topological polar surface area (TPSA) is 81.1 Å². The van der Waals surface area contributed by atoms with Crippen molar-refractivity contribution < 1.29 is 23.1 Å². The van der Waals surface area contributed by atoms with E-state index in [0.29, 0.717) is 11.4 Å². The van der Waals surface area contributed by atoms with Crippen LogP contribution in [0.1, 0.15) is 89.6 Å². The first kappa shape index (κ1) is 40.1. The van der Waals surface area contributed by atoms with Crippen LogP contribution in [-0.4, -0.2) is 35.3 Å². The first-order chi connectivity index (χ1) is 17.5. The van der Waals surface area contributed by atoms with E-state index in [9.17, 15) is 18.0 Å². The van der Waals surface area contributed by atoms with Crippen molar-refractivity contribution in [1.82, 2.24) is 9.78 Å². The van der Waals surface area contributed by atoms with Crippen LogP contribution in [0.4, 0.5) is 13.2 Å². The third-order valence-corrected chi connectivity index (χ3v) is 5.33. The number of hydrogen-bond acceptors (Lipinski definition) is 5. The van der Waals surface area contributed by atoms with Gasteiger partial charge in [0.05, 0.1) is 12.7 Å². The van der Waals surface area contributed by atoms with Gasteiger partial charge in [-0.1, -0.05) is 50.3 Å². The number of aryl methyl sites for hydroxylation is 1. The van der Waals surface area contributed by atoms with E-state index in [2.05, 4.69) is 37.3 Å². The van der Waals surface area contributed by atoms with Crippen LogP contribution in [0.25, 0.3) is 0 Å². The summed E-state index contributed by atoms with van der Waals surface area (Å²) in [5, 5.41) is 9.45. The Morgan fingerprint density at radius 3 is 2.03 bits per heavy atom. The summed E-state index contributed by atoms with van der Waals surface area (Å²) in [6.07, 6.45) is 8.46. The maximum absolute atomic E-state index is 13.7. The summed E-state index contributed by atoms with van der Waals surface area (Å²) >= 11 is 4.02. The molecule has 0 bridgehead atoms. The molecule has 0 fully saturated rings. The van der Waals surface area contributed by atoms with Gasteiger partial charge < -0.3 is 15.6 Å². The second kappa shape index (κ2) is 22.6. The Balaban J connectivity index is -0.000000485. The van der Waals surface area contributed by atoms with Gasteiger partial charge in [0.25, 0.3) is 5.92 Å². The van der Waals surface area contributed by atoms with Gasteiger partial charge in [-0.05, 0) is 69.0 Å². The van der Waals surface area contributed by atoms with Gasteiger partial charge in [-0.3, -0.25) is 4.68 Å². The second-order valence-corrected chi connectivity index (χ2v) is 9.38. The van der Waals surface area contributed by atoms with Gasteiger partial charge in [-0.2, -0.15) is 5.10 Å². The van der Waals surface area contributed by atoms with Gasteiger partial charge in [-0.15, -0.1) is 12.6 Å². The summed E-state index contributed by atoms with van der Waals surface area (Å²) < 4.78 is 42.4. The van der Waals surface area contributed by atoms with Gasteiger partial charge in [0.2, 0.25) is 0 Å². The smallest absolute Gasteiger partial charge is 0.273 e. The molecule has 2 aromatic rings. The number of benzene rings is 1. The minimum atomic E-state index is -2.94. The lowest BCUT2D eigenvalue weighted by atomic mass is 9.98. The molecular weight excluding hydrogens is 518 g/mol. The van der Waals surface area contributed by atoms with Crippen LogP contribution in [0.3, 0.4) is 0 Å². The monoisotopic (exact) mass is 567 g/mol. The molecule has 0 saturated heterocycles. The third-order valence-electron chi connectivity index (χ3n) is 4.74. The highest BCUT2D eigenvalue weighted by molar-refractivity contribution is 7.80. The summed E-state index contributed by atoms with van der Waals surface area (Å²) in [5.41, 5.74) is 7.11. The summed E-state index contributed by atoms with van der Waals surface area (Å²) in [6, 6.07) is 3.91. The predicted octanol–water partition coefficient (Wildman–Crippen LogP) is 7.08. The number of aromatic nitrogens is 2. The Labute approximate surface area is 230 Å². The number of nitrogens with zero attached hydrogens (tertiary/aromatic N) is 2. The molecule has 0 radical (unpaired) electrons. The normalized spacial score (nSPS) is 12.9. The number of nitrogens with two attached hydrogens (primary N) is 1. The van der Waals surface area contributed by atoms with E-state index in [0.717, 1.165) is 26.2 Å². The molecule has 3 N–H and O–H groups in total. The van der Waals surface area contributed by atoms with Crippen LogP contribution in [-0.2, 0) is 35.5 Å². The molecule has 0 amide bonds. The van der Waals surface area contributed by atoms with Gasteiger partial charge in [0.15, 0.2) is 0 Å². The van der Waals surface area contributed by atoms with Crippen molar-refractivity contribution in [2.24, 2.45) is 5.73 Å². The van der Waals surface area contributed by atoms with E-state index in [1.165, 1.54) is 69.6 Å². The lowest BCUT2D eigenvalue weighted by Gasteiger charge is -2.20. The van der Waals surface area contributed by atoms with Crippen LogP contribution in [0, 0.1) is 0 Å². The first-order valence-corrected chi connectivity index (χ1v) is 13.7. The lowest BCUT2D eigenvalue weighted by Crippen LogP contribution is -2.14. The molecule has 216 valence electrons. The molecule has 1 aliphatic carbocycles. The van der Waals surface area contributed by atoms with Gasteiger partial charge in [0, 0.05) is 29.7 Å². The number of halogens is 3. The molecule has 3 rings (SSSR count). The van der Waals surface area contributed by atoms with Crippen molar-refractivity contribution in [3.05, 3.63) is 46.8 Å². The van der Waals surface area contributed by atoms with Crippen molar-refractivity contribution in [3.8, 4) is 0 Å². The molecular formula is C27H49F3N3O2PS. The van der Waals surface area contributed by atoms with E-state index in [-0.39, 0.29) is 17.5 Å². The number of aldehydes is 1. The maximum Gasteiger partial charge on any atom is 0.273 e. The highest BCUT2D eigenvalue weighted by Gasteiger charge is 2.31. The predicted molar refractivity (Wildman–Crippen MR) is 157 cm³/mol. The number of hydrogen-bond donors (Lipinski definition) is 3. The van der Waals surface area contributed by atoms with Crippen molar-refractivity contribution in [2.45, 2.75) is 103 Å². The number of aliphatic hydroxyl groups excluding tert-OH is 1. The van der Waals surface area contributed by atoms with Gasteiger partial charge in [-0.25, -0.2) is 13.2 Å². The number of aliphatic hydroxyl groups is 1. The summed E-state index contributed by atoms with van der Waals surface area (Å²) in [4.78, 5) is 10.6. The third kappa shape index (κ3) is 15.6. The van der Waals surface area contributed by atoms with Crippen LogP contribution >= 0.6 is 21.9 Å². The average molecular weight is 568 g/mol. The van der Waals surface area contributed by atoms with Crippen molar-refractivity contribution in [2.75, 3.05) is 14.2 Å². The Morgan fingerprint density at radius 2 is 1.57 bits per heavy atom. The fourth-order valence-electron chi connectivity index (χ4n) is 3.09. The van der Waals surface area contributed by atoms with E-state index in [1.54, 1.807) is 0 Å². The fraction of sp³-hybridized carbons (Fsp3) is 0.630. The molecule has 2 atom stereocenters. The fourth-order valence-corrected chi connectivity index (χ4v) is 3.54. The SMILES string of the molecule is CC.CCC.CCC(F)(F)c1cc(S)cc(C(C)(F)P)c1.CN.CO.O=CCn1ncc2c1CCCC2. The molecule has 5 nitrogen and oxygen atoms in total. The van der Waals surface area contributed by atoms with E-state index in [1.807, 2.05) is 34.0 Å². The second-order valence-electron chi connectivity index (χ2n) is 7.78. The molecule has 1 heterocycles. The van der Waals surface area contributed by atoms with E-state index < -0.39 is 11.3 Å². The van der Waals surface area contributed by atoms with Gasteiger partial charge >= 0.3 is 0 Å². The van der Waals surface area contributed by atoms with Crippen molar-refractivity contribution in [1.29, 1.82) is 0 Å². The Hall–Kier alpha value is -1.41. The van der Waals surface area contributed by atoms with Crippen LogP contribution < -0.4 is 5.73 Å². The Morgan fingerprint density at radius 1 is 1.08 bits per heavy atom. The molecule has 0 saturated carbocycles. The first-order valence-electron chi connectivity index (χ1n) is 12.7. The van der Waals surface area contributed by atoms with Gasteiger partial charge in [0.1, 0.15) is 11.7 Å². The molecule has 1 aliphatic rings. The summed E-state index contributed by atoms with van der Waals surface area (Å²) in [6.45, 7) is 11.4. The maximum atomic E-state index is 13.7. The highest BCUT2D eigenvalue weighted by atomic mass is 32.1. The minimum Gasteiger partial charge on any atom is -0.400 e. The number of rotatable bonds is 5. The van der Waals surface area contributed by atoms with Crippen LogP contribution in [0.5, 0.6) is 0 Å². The average Bonchev–Trinajstić information content (AvgIpc) is 3.31. The zero-order chi connectivity index (χ0) is 29.7. The molecule has 0 spiro atoms. The van der Waals surface area contributed by atoms with E-state index >= 15 is 0 Å². The number of fused-ring (bicyclic) bond motifs is 1. The minimum absolute atomic E-state index is 0.188. The van der Waals surface area contributed by atoms with Crippen LogP contribution in [0.2, 0.25) is 0 Å². The Kier molecular flexibility index (Phi) is 24.4. The van der Waals surface area contributed by atoms with Crippen LogP contribution in [0.15, 0.2) is 29.3 Å². The molecule has 10 heteroatoms. The number of carbonyl (C=O) groups is 1. The standard InChI is InChI=1S/C11H14F3PS.C9H12N2O.C3H8.C2H6.CH5N.CH4O/c1-3-11(13,14)8-4-7(10(2,12)15)5-9(16)6-8;12-6-5-11-9-4-2-1-3-8(9)7-10-11;1-3-2;3*1-2/h4-6,16H,3,15H2,1-2H3;6-7H,1-5H2;3H2,1-2H3;1-2H3;2H2,1H3;2H,1H3.